The van der Waals surface area contributed by atoms with E-state index >= 15 is 0 Å². The van der Waals surface area contributed by atoms with Crippen molar-refractivity contribution in [3.8, 4) is 0 Å². The second kappa shape index (κ2) is 3.13. The number of hydrogen-bond donors (Lipinski definition) is 1. The molecule has 0 bridgehead atoms. The largest absolute Gasteiger partial charge is 0.395 e. The first-order valence-corrected chi connectivity index (χ1v) is 3.29. The van der Waals surface area contributed by atoms with Crippen molar-refractivity contribution in [2.75, 3.05) is 20.0 Å². The summed E-state index contributed by atoms with van der Waals surface area (Å²) in [6.45, 7) is 0.497. The summed E-state index contributed by atoms with van der Waals surface area (Å²) in [7, 11) is 0. The minimum absolute atomic E-state index is 0.0926. The molecule has 0 radical (unpaired) electrons. The van der Waals surface area contributed by atoms with Gasteiger partial charge in [0.2, 0.25) is 0 Å². The van der Waals surface area contributed by atoms with E-state index in [1.165, 1.54) is 0 Å². The highest BCUT2D eigenvalue weighted by atomic mass is 19.1. The molecule has 0 aromatic carbocycles. The lowest BCUT2D eigenvalue weighted by Gasteiger charge is -2.17. The molecule has 0 unspecified atom stereocenters. The van der Waals surface area contributed by atoms with E-state index in [1.54, 1.807) is 4.90 Å². The lowest BCUT2D eigenvalue weighted by atomic mass is 10.2. The van der Waals surface area contributed by atoms with Gasteiger partial charge in [0.1, 0.15) is 6.80 Å². The maximum absolute atomic E-state index is 12.0. The Morgan fingerprint density at radius 2 is 2.44 bits per heavy atom. The van der Waals surface area contributed by atoms with Gasteiger partial charge in [-0.25, -0.2) is 4.39 Å². The van der Waals surface area contributed by atoms with Crippen molar-refractivity contribution in [2.24, 2.45) is 0 Å². The highest BCUT2D eigenvalue weighted by molar-refractivity contribution is 4.75. The molecule has 0 aromatic rings. The Labute approximate surface area is 54.3 Å². The lowest BCUT2D eigenvalue weighted by Crippen LogP contribution is -2.31. The summed E-state index contributed by atoms with van der Waals surface area (Å²) in [5.41, 5.74) is 0. The number of likely N-dealkylation sites (tertiary alicyclic amines) is 1. The van der Waals surface area contributed by atoms with E-state index in [0.717, 1.165) is 19.4 Å². The molecule has 1 heterocycles. The van der Waals surface area contributed by atoms with Crippen LogP contribution in [0.4, 0.5) is 4.39 Å². The van der Waals surface area contributed by atoms with E-state index in [1.807, 2.05) is 0 Å². The summed E-state index contributed by atoms with van der Waals surface area (Å²) in [6, 6.07) is 0.0926. The number of aliphatic hydroxyl groups is 1. The zero-order valence-corrected chi connectivity index (χ0v) is 5.39. The molecule has 54 valence electrons. The predicted molar refractivity (Wildman–Crippen MR) is 32.8 cm³/mol. The molecule has 0 spiro atoms. The topological polar surface area (TPSA) is 23.5 Å². The lowest BCUT2D eigenvalue weighted by molar-refractivity contribution is 0.117. The maximum Gasteiger partial charge on any atom is 0.143 e. The fraction of sp³-hybridized carbons (Fsp3) is 1.00. The number of rotatable bonds is 2. The van der Waals surface area contributed by atoms with E-state index in [-0.39, 0.29) is 12.6 Å². The van der Waals surface area contributed by atoms with E-state index in [0.29, 0.717) is 0 Å². The molecule has 0 amide bonds. The summed E-state index contributed by atoms with van der Waals surface area (Å²) >= 11 is 0. The zero-order valence-electron chi connectivity index (χ0n) is 5.39. The third kappa shape index (κ3) is 1.40. The Hall–Kier alpha value is -0.150. The zero-order chi connectivity index (χ0) is 6.69. The van der Waals surface area contributed by atoms with Crippen LogP contribution in [0.1, 0.15) is 12.8 Å². The van der Waals surface area contributed by atoms with Gasteiger partial charge in [0.05, 0.1) is 6.61 Å². The molecule has 1 N–H and O–H groups in total. The van der Waals surface area contributed by atoms with Crippen LogP contribution in [0.2, 0.25) is 0 Å². The first-order chi connectivity index (χ1) is 4.38. The third-order valence-electron chi connectivity index (χ3n) is 1.86. The predicted octanol–water partition coefficient (Wildman–Crippen LogP) is 0.370. The van der Waals surface area contributed by atoms with E-state index < -0.39 is 6.80 Å². The van der Waals surface area contributed by atoms with Crippen LogP contribution in [0.3, 0.4) is 0 Å². The van der Waals surface area contributed by atoms with Crippen molar-refractivity contribution in [1.29, 1.82) is 0 Å². The fourth-order valence-corrected chi connectivity index (χ4v) is 1.26. The quantitative estimate of drug-likeness (QED) is 0.550. The van der Waals surface area contributed by atoms with Crippen LogP contribution in [0.5, 0.6) is 0 Å². The number of nitrogens with zero attached hydrogens (tertiary/aromatic N) is 1. The molecule has 1 atom stereocenters. The van der Waals surface area contributed by atoms with E-state index in [4.69, 9.17) is 5.11 Å². The molecule has 0 saturated carbocycles. The summed E-state index contributed by atoms with van der Waals surface area (Å²) < 4.78 is 12.0. The average molecular weight is 133 g/mol. The first kappa shape index (κ1) is 6.96. The van der Waals surface area contributed by atoms with Crippen LogP contribution in [0, 0.1) is 0 Å². The summed E-state index contributed by atoms with van der Waals surface area (Å²) in [6.07, 6.45) is 1.97. The van der Waals surface area contributed by atoms with Gasteiger partial charge in [0.15, 0.2) is 0 Å². The minimum atomic E-state index is -0.411. The number of alkyl halides is 1. The second-order valence-electron chi connectivity index (χ2n) is 2.41. The molecule has 1 rings (SSSR count). The highest BCUT2D eigenvalue weighted by Gasteiger charge is 2.22. The Balaban J connectivity index is 2.32. The van der Waals surface area contributed by atoms with Crippen LogP contribution in [-0.4, -0.2) is 36.0 Å². The molecule has 1 fully saturated rings. The summed E-state index contributed by atoms with van der Waals surface area (Å²) in [5, 5.41) is 8.66. The van der Waals surface area contributed by atoms with Gasteiger partial charge < -0.3 is 5.11 Å². The Bertz CT molecular complexity index is 79.1. The van der Waals surface area contributed by atoms with Crippen molar-refractivity contribution in [1.82, 2.24) is 4.90 Å². The Kier molecular flexibility index (Phi) is 2.42. The minimum Gasteiger partial charge on any atom is -0.395 e. The van der Waals surface area contributed by atoms with Crippen molar-refractivity contribution >= 4 is 0 Å². The Morgan fingerprint density at radius 1 is 1.67 bits per heavy atom. The van der Waals surface area contributed by atoms with Gasteiger partial charge in [0, 0.05) is 12.6 Å². The van der Waals surface area contributed by atoms with Gasteiger partial charge in [-0.3, -0.25) is 4.90 Å². The van der Waals surface area contributed by atoms with Crippen molar-refractivity contribution in [3.05, 3.63) is 0 Å². The molecular formula is C6H12FNO. The van der Waals surface area contributed by atoms with Crippen LogP contribution in [0.15, 0.2) is 0 Å². The standard InChI is InChI=1S/C6H12FNO/c7-5-8-3-1-2-6(8)4-9/h6,9H,1-5H2/t6-/m0/s1. The Morgan fingerprint density at radius 3 is 2.89 bits per heavy atom. The monoisotopic (exact) mass is 133 g/mol. The molecule has 1 aliphatic heterocycles. The van der Waals surface area contributed by atoms with E-state index in [2.05, 4.69) is 0 Å². The molecular weight excluding hydrogens is 121 g/mol. The van der Waals surface area contributed by atoms with Gasteiger partial charge in [-0.2, -0.15) is 0 Å². The van der Waals surface area contributed by atoms with Gasteiger partial charge >= 0.3 is 0 Å². The molecule has 3 heteroatoms. The SMILES string of the molecule is OC[C@@H]1CCCN1CF. The molecule has 2 nitrogen and oxygen atoms in total. The van der Waals surface area contributed by atoms with Gasteiger partial charge in [0.25, 0.3) is 0 Å². The summed E-state index contributed by atoms with van der Waals surface area (Å²) in [4.78, 5) is 1.67. The van der Waals surface area contributed by atoms with Crippen LogP contribution in [-0.2, 0) is 0 Å². The van der Waals surface area contributed by atoms with Crippen LogP contribution >= 0.6 is 0 Å². The maximum atomic E-state index is 12.0. The van der Waals surface area contributed by atoms with Gasteiger partial charge in [-0.1, -0.05) is 0 Å². The second-order valence-corrected chi connectivity index (χ2v) is 2.41. The first-order valence-electron chi connectivity index (χ1n) is 3.29. The van der Waals surface area contributed by atoms with Crippen molar-refractivity contribution < 1.29 is 9.50 Å². The smallest absolute Gasteiger partial charge is 0.143 e. The number of hydrogen-bond acceptors (Lipinski definition) is 2. The van der Waals surface area contributed by atoms with Gasteiger partial charge in [-0.15, -0.1) is 0 Å². The highest BCUT2D eigenvalue weighted by Crippen LogP contribution is 2.15. The molecule has 0 aromatic heterocycles. The molecule has 9 heavy (non-hydrogen) atoms. The molecule has 1 saturated heterocycles. The van der Waals surface area contributed by atoms with Crippen molar-refractivity contribution in [3.63, 3.8) is 0 Å². The van der Waals surface area contributed by atoms with E-state index in [9.17, 15) is 4.39 Å². The van der Waals surface area contributed by atoms with Crippen molar-refractivity contribution in [2.45, 2.75) is 18.9 Å². The third-order valence-corrected chi connectivity index (χ3v) is 1.86. The normalized spacial score (nSPS) is 29.3. The van der Waals surface area contributed by atoms with Crippen LogP contribution in [0.25, 0.3) is 0 Å². The average Bonchev–Trinajstić information content (AvgIpc) is 2.33. The number of aliphatic hydroxyl groups excluding tert-OH is 1. The fourth-order valence-electron chi connectivity index (χ4n) is 1.26. The van der Waals surface area contributed by atoms with Crippen LogP contribution < -0.4 is 0 Å². The van der Waals surface area contributed by atoms with Gasteiger partial charge in [-0.05, 0) is 12.8 Å². The summed E-state index contributed by atoms with van der Waals surface area (Å²) in [5.74, 6) is 0. The molecule has 0 aliphatic carbocycles. The number of halogens is 1. The molecule has 1 aliphatic rings.